The van der Waals surface area contributed by atoms with Crippen molar-refractivity contribution in [2.24, 2.45) is 4.99 Å². The Morgan fingerprint density at radius 2 is 1.77 bits per heavy atom. The summed E-state index contributed by atoms with van der Waals surface area (Å²) in [6, 6.07) is 10.4. The van der Waals surface area contributed by atoms with Crippen LogP contribution in [0.3, 0.4) is 0 Å². The van der Waals surface area contributed by atoms with Crippen molar-refractivity contribution >= 4 is 35.8 Å². The van der Waals surface area contributed by atoms with E-state index in [-0.39, 0.29) is 41.8 Å². The monoisotopic (exact) mass is 472 g/mol. The van der Waals surface area contributed by atoms with E-state index in [1.807, 2.05) is 17.9 Å². The van der Waals surface area contributed by atoms with Crippen LogP contribution in [-0.2, 0) is 10.2 Å². The van der Waals surface area contributed by atoms with E-state index in [0.29, 0.717) is 5.96 Å². The molecule has 6 heteroatoms. The van der Waals surface area contributed by atoms with E-state index in [0.717, 1.165) is 39.0 Å². The summed E-state index contributed by atoms with van der Waals surface area (Å²) in [4.78, 5) is 18.7. The van der Waals surface area contributed by atoms with Crippen LogP contribution < -0.4 is 10.6 Å². The number of nitrogens with zero attached hydrogens (tertiary/aromatic N) is 2. The van der Waals surface area contributed by atoms with Gasteiger partial charge in [0.25, 0.3) is 0 Å². The van der Waals surface area contributed by atoms with Gasteiger partial charge in [-0.3, -0.25) is 4.79 Å². The molecule has 0 radical (unpaired) electrons. The molecule has 1 heterocycles. The molecule has 146 valence electrons. The lowest BCUT2D eigenvalue weighted by Gasteiger charge is -2.27. The Kier molecular flexibility index (Phi) is 9.98. The van der Waals surface area contributed by atoms with Gasteiger partial charge < -0.3 is 15.5 Å². The molecule has 0 unspecified atom stereocenters. The summed E-state index contributed by atoms with van der Waals surface area (Å²) in [6.45, 7) is 9.93. The summed E-state index contributed by atoms with van der Waals surface area (Å²) in [5.74, 6) is 0.830. The van der Waals surface area contributed by atoms with Gasteiger partial charge in [0.1, 0.15) is 6.54 Å². The number of rotatable bonds is 6. The van der Waals surface area contributed by atoms with Crippen LogP contribution in [0.2, 0.25) is 0 Å². The van der Waals surface area contributed by atoms with Crippen molar-refractivity contribution in [1.82, 2.24) is 15.5 Å². The number of amides is 1. The second kappa shape index (κ2) is 11.4. The third-order valence-corrected chi connectivity index (χ3v) is 4.68. The molecule has 1 aromatic rings. The molecule has 1 aliphatic heterocycles. The van der Waals surface area contributed by atoms with Crippen molar-refractivity contribution < 1.29 is 4.79 Å². The predicted octanol–water partition coefficient (Wildman–Crippen LogP) is 3.15. The number of hydrogen-bond donors (Lipinski definition) is 2. The van der Waals surface area contributed by atoms with Gasteiger partial charge in [0, 0.05) is 31.6 Å². The molecular weight excluding hydrogens is 439 g/mol. The minimum Gasteiger partial charge on any atom is -0.357 e. The van der Waals surface area contributed by atoms with Crippen LogP contribution >= 0.6 is 24.0 Å². The molecule has 1 aliphatic rings. The van der Waals surface area contributed by atoms with Crippen molar-refractivity contribution in [3.63, 3.8) is 0 Å². The first-order valence-electron chi connectivity index (χ1n) is 9.38. The van der Waals surface area contributed by atoms with E-state index in [4.69, 9.17) is 0 Å². The van der Waals surface area contributed by atoms with Gasteiger partial charge in [-0.25, -0.2) is 4.99 Å². The van der Waals surface area contributed by atoms with Crippen molar-refractivity contribution in [2.45, 2.75) is 45.4 Å². The molecule has 0 bridgehead atoms. The first-order valence-corrected chi connectivity index (χ1v) is 9.38. The maximum absolute atomic E-state index is 12.3. The standard InChI is InChI=1S/C20H32N4O.HI/c1-4-21-19(22-15-18(25)24-13-9-6-10-14-24)23-16-20(2,3)17-11-7-5-8-12-17;/h5,7-8,11-12H,4,6,9-10,13-16H2,1-3H3,(H2,21,22,23);1H. The summed E-state index contributed by atoms with van der Waals surface area (Å²) in [6.07, 6.45) is 3.45. The molecule has 0 aliphatic carbocycles. The Hall–Kier alpha value is -1.31. The molecule has 0 atom stereocenters. The molecule has 1 fully saturated rings. The Bertz CT molecular complexity index is 568. The van der Waals surface area contributed by atoms with E-state index in [9.17, 15) is 4.79 Å². The highest BCUT2D eigenvalue weighted by atomic mass is 127. The number of aliphatic imine (C=N–C) groups is 1. The summed E-state index contributed by atoms with van der Waals surface area (Å²) < 4.78 is 0. The largest absolute Gasteiger partial charge is 0.357 e. The normalized spacial score (nSPS) is 15.2. The zero-order valence-corrected chi connectivity index (χ0v) is 18.6. The summed E-state index contributed by atoms with van der Waals surface area (Å²) in [5, 5.41) is 6.62. The Morgan fingerprint density at radius 1 is 1.12 bits per heavy atom. The molecule has 5 nitrogen and oxygen atoms in total. The van der Waals surface area contributed by atoms with Crippen LogP contribution in [0.1, 0.15) is 45.6 Å². The molecule has 1 saturated heterocycles. The van der Waals surface area contributed by atoms with E-state index >= 15 is 0 Å². The molecule has 2 rings (SSSR count). The third-order valence-electron chi connectivity index (χ3n) is 4.68. The zero-order chi connectivity index (χ0) is 18.1. The highest BCUT2D eigenvalue weighted by molar-refractivity contribution is 14.0. The van der Waals surface area contributed by atoms with Crippen molar-refractivity contribution in [3.05, 3.63) is 35.9 Å². The average molecular weight is 472 g/mol. The number of benzene rings is 1. The number of carbonyl (C=O) groups excluding carboxylic acids is 1. The second-order valence-electron chi connectivity index (χ2n) is 7.24. The van der Waals surface area contributed by atoms with Crippen LogP contribution in [0.5, 0.6) is 0 Å². The summed E-state index contributed by atoms with van der Waals surface area (Å²) >= 11 is 0. The van der Waals surface area contributed by atoms with Crippen molar-refractivity contribution in [1.29, 1.82) is 0 Å². The summed E-state index contributed by atoms with van der Waals surface area (Å²) in [7, 11) is 0. The van der Waals surface area contributed by atoms with Crippen molar-refractivity contribution in [3.8, 4) is 0 Å². The predicted molar refractivity (Wildman–Crippen MR) is 119 cm³/mol. The van der Waals surface area contributed by atoms with Gasteiger partial charge >= 0.3 is 0 Å². The Balaban J connectivity index is 0.00000338. The van der Waals surface area contributed by atoms with Gasteiger partial charge in [-0.1, -0.05) is 44.2 Å². The van der Waals surface area contributed by atoms with Gasteiger partial charge in [-0.15, -0.1) is 24.0 Å². The van der Waals surface area contributed by atoms with Crippen molar-refractivity contribution in [2.75, 3.05) is 32.7 Å². The number of halogens is 1. The van der Waals surface area contributed by atoms with E-state index < -0.39 is 0 Å². The third kappa shape index (κ3) is 7.13. The minimum atomic E-state index is -0.0195. The minimum absolute atomic E-state index is 0. The fraction of sp³-hybridized carbons (Fsp3) is 0.600. The lowest BCUT2D eigenvalue weighted by atomic mass is 9.85. The quantitative estimate of drug-likeness (QED) is 0.380. The van der Waals surface area contributed by atoms with E-state index in [1.54, 1.807) is 0 Å². The van der Waals surface area contributed by atoms with Gasteiger partial charge in [-0.05, 0) is 31.7 Å². The molecule has 0 aromatic heterocycles. The highest BCUT2D eigenvalue weighted by Crippen LogP contribution is 2.21. The van der Waals surface area contributed by atoms with Crippen LogP contribution in [-0.4, -0.2) is 49.5 Å². The lowest BCUT2D eigenvalue weighted by molar-refractivity contribution is -0.130. The molecule has 1 aromatic carbocycles. The van der Waals surface area contributed by atoms with Crippen LogP contribution in [0.4, 0.5) is 0 Å². The maximum Gasteiger partial charge on any atom is 0.244 e. The zero-order valence-electron chi connectivity index (χ0n) is 16.3. The first-order chi connectivity index (χ1) is 12.0. The van der Waals surface area contributed by atoms with Gasteiger partial charge in [-0.2, -0.15) is 0 Å². The molecule has 26 heavy (non-hydrogen) atoms. The van der Waals surface area contributed by atoms with Crippen LogP contribution in [0.25, 0.3) is 0 Å². The lowest BCUT2D eigenvalue weighted by Crippen LogP contribution is -2.44. The highest BCUT2D eigenvalue weighted by Gasteiger charge is 2.21. The number of carbonyl (C=O) groups is 1. The Labute approximate surface area is 175 Å². The second-order valence-corrected chi connectivity index (χ2v) is 7.24. The van der Waals surface area contributed by atoms with Gasteiger partial charge in [0.05, 0.1) is 0 Å². The number of hydrogen-bond acceptors (Lipinski definition) is 2. The fourth-order valence-electron chi connectivity index (χ4n) is 3.03. The molecular formula is C20H33IN4O. The molecule has 1 amide bonds. The van der Waals surface area contributed by atoms with Gasteiger partial charge in [0.15, 0.2) is 5.96 Å². The van der Waals surface area contributed by atoms with Gasteiger partial charge in [0.2, 0.25) is 5.91 Å². The van der Waals surface area contributed by atoms with E-state index in [1.165, 1.54) is 12.0 Å². The average Bonchev–Trinajstić information content (AvgIpc) is 2.65. The smallest absolute Gasteiger partial charge is 0.244 e. The topological polar surface area (TPSA) is 56.7 Å². The molecule has 2 N–H and O–H groups in total. The number of likely N-dealkylation sites (tertiary alicyclic amines) is 1. The maximum atomic E-state index is 12.3. The Morgan fingerprint density at radius 3 is 2.38 bits per heavy atom. The number of guanidine groups is 1. The summed E-state index contributed by atoms with van der Waals surface area (Å²) in [5.41, 5.74) is 1.26. The number of piperidine rings is 1. The number of nitrogens with one attached hydrogen (secondary N) is 2. The molecule has 0 spiro atoms. The SMILES string of the molecule is CCNC(=NCC(=O)N1CCCCC1)NCC(C)(C)c1ccccc1.I. The first kappa shape index (κ1) is 22.7. The van der Waals surface area contributed by atoms with E-state index in [2.05, 4.69) is 53.7 Å². The van der Waals surface area contributed by atoms with Crippen LogP contribution in [0, 0.1) is 0 Å². The molecule has 0 saturated carbocycles. The fourth-order valence-corrected chi connectivity index (χ4v) is 3.03. The van der Waals surface area contributed by atoms with Crippen LogP contribution in [0.15, 0.2) is 35.3 Å².